The fourth-order valence-corrected chi connectivity index (χ4v) is 2.56. The predicted octanol–water partition coefficient (Wildman–Crippen LogP) is 3.09. The molecule has 0 bridgehead atoms. The van der Waals surface area contributed by atoms with Crippen molar-refractivity contribution in [2.75, 3.05) is 7.05 Å². The molecule has 1 rings (SSSR count). The Labute approximate surface area is 96.8 Å². The van der Waals surface area contributed by atoms with Crippen LogP contribution in [0.3, 0.4) is 0 Å². The lowest BCUT2D eigenvalue weighted by atomic mass is 9.74. The first-order chi connectivity index (χ1) is 7.29. The van der Waals surface area contributed by atoms with E-state index in [0.29, 0.717) is 6.42 Å². The minimum Gasteiger partial charge on any atom is -0.432 e. The summed E-state index contributed by atoms with van der Waals surface area (Å²) < 4.78 is 5.35. The number of carbonyl (C=O) groups is 1. The third-order valence-corrected chi connectivity index (χ3v) is 2.55. The molecule has 16 heavy (non-hydrogen) atoms. The molecule has 0 fully saturated rings. The van der Waals surface area contributed by atoms with E-state index in [1.807, 2.05) is 13.0 Å². The van der Waals surface area contributed by atoms with Gasteiger partial charge < -0.3 is 4.74 Å². The highest BCUT2D eigenvalue weighted by Crippen LogP contribution is 2.42. The van der Waals surface area contributed by atoms with Crippen molar-refractivity contribution in [2.45, 2.75) is 46.3 Å². The number of nitrogens with zero attached hydrogens (tertiary/aromatic N) is 2. The number of hydrogen-bond acceptors (Lipinski definition) is 4. The van der Waals surface area contributed by atoms with Crippen LogP contribution in [-0.4, -0.2) is 18.7 Å². The number of rotatable bonds is 2. The van der Waals surface area contributed by atoms with Crippen molar-refractivity contribution in [1.29, 1.82) is 0 Å². The molecule has 1 aliphatic carbocycles. The molecule has 0 aromatic carbocycles. The van der Waals surface area contributed by atoms with Gasteiger partial charge in [0.05, 0.1) is 0 Å². The van der Waals surface area contributed by atoms with E-state index in [-0.39, 0.29) is 11.4 Å². The van der Waals surface area contributed by atoms with E-state index in [2.05, 4.69) is 24.1 Å². The summed E-state index contributed by atoms with van der Waals surface area (Å²) in [4.78, 5) is 11.2. The third-order valence-electron chi connectivity index (χ3n) is 2.55. The highest BCUT2D eigenvalue weighted by atomic mass is 16.6. The van der Waals surface area contributed by atoms with Gasteiger partial charge in [-0.15, -0.1) is 5.11 Å². The Morgan fingerprint density at radius 2 is 2.12 bits per heavy atom. The molecule has 0 heterocycles. The van der Waals surface area contributed by atoms with Gasteiger partial charge in [0.15, 0.2) is 0 Å². The average molecular weight is 224 g/mol. The van der Waals surface area contributed by atoms with Crippen LogP contribution in [0.4, 0.5) is 0 Å². The van der Waals surface area contributed by atoms with E-state index in [9.17, 15) is 4.79 Å². The molecule has 90 valence electrons. The molecule has 0 saturated heterocycles. The van der Waals surface area contributed by atoms with E-state index < -0.39 is 5.72 Å². The normalized spacial score (nSPS) is 28.9. The number of carbonyl (C=O) groups excluding carboxylic acids is 1. The van der Waals surface area contributed by atoms with E-state index in [1.165, 1.54) is 12.5 Å². The van der Waals surface area contributed by atoms with Crippen LogP contribution in [-0.2, 0) is 9.53 Å². The summed E-state index contributed by atoms with van der Waals surface area (Å²) in [5, 5.41) is 7.89. The maximum atomic E-state index is 11.2. The van der Waals surface area contributed by atoms with Gasteiger partial charge in [-0.05, 0) is 24.8 Å². The second-order valence-electron chi connectivity index (χ2n) is 5.25. The molecule has 0 aliphatic heterocycles. The number of hydrogen-bond donors (Lipinski definition) is 0. The molecule has 0 spiro atoms. The number of allylic oxidation sites excluding steroid dienone is 1. The molecule has 0 N–H and O–H groups in total. The van der Waals surface area contributed by atoms with Crippen molar-refractivity contribution in [3.05, 3.63) is 11.6 Å². The number of azo groups is 1. The molecule has 1 aliphatic rings. The van der Waals surface area contributed by atoms with Gasteiger partial charge in [0.2, 0.25) is 5.72 Å². The van der Waals surface area contributed by atoms with Gasteiger partial charge in [-0.3, -0.25) is 4.79 Å². The Hall–Kier alpha value is -1.19. The first-order valence-corrected chi connectivity index (χ1v) is 5.47. The van der Waals surface area contributed by atoms with Crippen LogP contribution in [0, 0.1) is 5.41 Å². The molecule has 0 aromatic heterocycles. The fourth-order valence-electron chi connectivity index (χ4n) is 2.56. The first-order valence-electron chi connectivity index (χ1n) is 5.47. The van der Waals surface area contributed by atoms with Crippen LogP contribution in [0.15, 0.2) is 21.9 Å². The minimum absolute atomic E-state index is 0.0719. The molecule has 1 unspecified atom stereocenters. The van der Waals surface area contributed by atoms with Crippen molar-refractivity contribution in [3.8, 4) is 0 Å². The second kappa shape index (κ2) is 4.36. The van der Waals surface area contributed by atoms with Gasteiger partial charge in [0.25, 0.3) is 0 Å². The van der Waals surface area contributed by atoms with E-state index in [0.717, 1.165) is 6.42 Å². The SMILES string of the molecule is CN=NC1(OC(C)=O)C=C(C)CC(C)(C)C1. The molecule has 0 amide bonds. The Morgan fingerprint density at radius 1 is 1.50 bits per heavy atom. The fraction of sp³-hybridized carbons (Fsp3) is 0.750. The zero-order valence-electron chi connectivity index (χ0n) is 10.7. The first kappa shape index (κ1) is 12.9. The van der Waals surface area contributed by atoms with Gasteiger partial charge in [0.1, 0.15) is 0 Å². The van der Waals surface area contributed by atoms with Crippen molar-refractivity contribution >= 4 is 5.97 Å². The monoisotopic (exact) mass is 224 g/mol. The summed E-state index contributed by atoms with van der Waals surface area (Å²) in [6.45, 7) is 7.72. The zero-order chi connectivity index (χ0) is 12.4. The quantitative estimate of drug-likeness (QED) is 0.411. The van der Waals surface area contributed by atoms with Gasteiger partial charge >= 0.3 is 5.97 Å². The molecule has 4 nitrogen and oxygen atoms in total. The van der Waals surface area contributed by atoms with Crippen LogP contribution in [0.1, 0.15) is 40.5 Å². The van der Waals surface area contributed by atoms with Crippen molar-refractivity contribution in [1.82, 2.24) is 0 Å². The highest BCUT2D eigenvalue weighted by molar-refractivity contribution is 5.67. The molecular formula is C12H20N2O2. The van der Waals surface area contributed by atoms with Gasteiger partial charge in [-0.25, -0.2) is 0 Å². The highest BCUT2D eigenvalue weighted by Gasteiger charge is 2.41. The predicted molar refractivity (Wildman–Crippen MR) is 62.0 cm³/mol. The van der Waals surface area contributed by atoms with Crippen LogP contribution < -0.4 is 0 Å². The average Bonchev–Trinajstić information content (AvgIpc) is 1.96. The lowest BCUT2D eigenvalue weighted by molar-refractivity contribution is -0.155. The zero-order valence-corrected chi connectivity index (χ0v) is 10.7. The summed E-state index contributed by atoms with van der Waals surface area (Å²) in [5.41, 5.74) is 0.361. The summed E-state index contributed by atoms with van der Waals surface area (Å²) in [6.07, 6.45) is 3.58. The Kier molecular flexibility index (Phi) is 3.51. The summed E-state index contributed by atoms with van der Waals surface area (Å²) >= 11 is 0. The Balaban J connectivity index is 3.09. The van der Waals surface area contributed by atoms with Gasteiger partial charge in [0, 0.05) is 20.4 Å². The van der Waals surface area contributed by atoms with Gasteiger partial charge in [-0.2, -0.15) is 5.11 Å². The Bertz CT molecular complexity index is 345. The Morgan fingerprint density at radius 3 is 2.56 bits per heavy atom. The third kappa shape index (κ3) is 3.15. The lowest BCUT2D eigenvalue weighted by Crippen LogP contribution is -2.38. The largest absolute Gasteiger partial charge is 0.432 e. The molecule has 0 saturated carbocycles. The molecule has 0 aromatic rings. The maximum Gasteiger partial charge on any atom is 0.305 e. The lowest BCUT2D eigenvalue weighted by Gasteiger charge is -2.38. The van der Waals surface area contributed by atoms with Crippen molar-refractivity contribution in [2.24, 2.45) is 15.6 Å². The maximum absolute atomic E-state index is 11.2. The van der Waals surface area contributed by atoms with Crippen LogP contribution in [0.5, 0.6) is 0 Å². The molecule has 4 heteroatoms. The minimum atomic E-state index is -0.896. The number of ether oxygens (including phenoxy) is 1. The smallest absolute Gasteiger partial charge is 0.305 e. The van der Waals surface area contributed by atoms with Gasteiger partial charge in [-0.1, -0.05) is 19.4 Å². The second-order valence-corrected chi connectivity index (χ2v) is 5.25. The van der Waals surface area contributed by atoms with Crippen LogP contribution in [0.2, 0.25) is 0 Å². The summed E-state index contributed by atoms with van der Waals surface area (Å²) in [6, 6.07) is 0. The molecule has 1 atom stereocenters. The van der Waals surface area contributed by atoms with E-state index in [4.69, 9.17) is 4.74 Å². The summed E-state index contributed by atoms with van der Waals surface area (Å²) in [5.74, 6) is -0.325. The van der Waals surface area contributed by atoms with Crippen LogP contribution in [0.25, 0.3) is 0 Å². The van der Waals surface area contributed by atoms with Crippen molar-refractivity contribution in [3.63, 3.8) is 0 Å². The van der Waals surface area contributed by atoms with Crippen molar-refractivity contribution < 1.29 is 9.53 Å². The van der Waals surface area contributed by atoms with E-state index >= 15 is 0 Å². The topological polar surface area (TPSA) is 51.0 Å². The standard InChI is InChI=1S/C12H20N2O2/c1-9-6-11(3,4)8-12(7-9,14-13-5)16-10(2)15/h7H,6,8H2,1-5H3. The molecule has 0 radical (unpaired) electrons. The summed E-state index contributed by atoms with van der Waals surface area (Å²) in [7, 11) is 1.59. The number of esters is 1. The van der Waals surface area contributed by atoms with Crippen LogP contribution >= 0.6 is 0 Å². The molecular weight excluding hydrogens is 204 g/mol. The van der Waals surface area contributed by atoms with E-state index in [1.54, 1.807) is 7.05 Å².